The van der Waals surface area contributed by atoms with Crippen molar-refractivity contribution >= 4 is 11.9 Å². The van der Waals surface area contributed by atoms with Gasteiger partial charge in [-0.1, -0.05) is 46.8 Å². The van der Waals surface area contributed by atoms with Crippen molar-refractivity contribution in [3.8, 4) is 5.75 Å². The fourth-order valence-electron chi connectivity index (χ4n) is 2.04. The molecule has 0 bridgehead atoms. The maximum atomic E-state index is 9.10. The van der Waals surface area contributed by atoms with Crippen molar-refractivity contribution in [2.45, 2.75) is 46.5 Å². The molecule has 25 heavy (non-hydrogen) atoms. The molecular weight excluding hydrogens is 322 g/mol. The van der Waals surface area contributed by atoms with Crippen LogP contribution in [-0.4, -0.2) is 53.3 Å². The molecule has 0 atom stereocenters. The lowest BCUT2D eigenvalue weighted by Gasteiger charge is -2.23. The van der Waals surface area contributed by atoms with Crippen LogP contribution in [0.1, 0.15) is 46.6 Å². The third-order valence-corrected chi connectivity index (χ3v) is 4.27. The van der Waals surface area contributed by atoms with Crippen LogP contribution in [0.25, 0.3) is 0 Å². The van der Waals surface area contributed by atoms with Crippen LogP contribution in [0, 0.1) is 0 Å². The average Bonchev–Trinajstić information content (AvgIpc) is 2.59. The zero-order valence-electron chi connectivity index (χ0n) is 15.9. The number of nitrogens with zero attached hydrogens (tertiary/aromatic N) is 1. The summed E-state index contributed by atoms with van der Waals surface area (Å²) < 4.78 is 5.80. The molecule has 142 valence electrons. The molecule has 0 aromatic heterocycles. The van der Waals surface area contributed by atoms with Crippen LogP contribution in [0.2, 0.25) is 0 Å². The second-order valence-corrected chi connectivity index (χ2v) is 6.25. The van der Waals surface area contributed by atoms with E-state index in [-0.39, 0.29) is 5.41 Å². The molecule has 0 aliphatic carbocycles. The Labute approximate surface area is 150 Å². The Hall–Kier alpha value is -2.08. The van der Waals surface area contributed by atoms with Gasteiger partial charge in [0.05, 0.1) is 0 Å². The van der Waals surface area contributed by atoms with E-state index in [0.29, 0.717) is 0 Å². The molecule has 0 aliphatic heterocycles. The number of hydrogen-bond donors (Lipinski definition) is 2. The fraction of sp³-hybridized carbons (Fsp3) is 0.579. The molecule has 0 amide bonds. The smallest absolute Gasteiger partial charge is 0.414 e. The molecule has 0 radical (unpaired) electrons. The Balaban J connectivity index is 0.000000823. The van der Waals surface area contributed by atoms with E-state index in [4.69, 9.17) is 24.5 Å². The molecule has 0 fully saturated rings. The van der Waals surface area contributed by atoms with Crippen molar-refractivity contribution in [3.05, 3.63) is 29.8 Å². The molecule has 1 rings (SSSR count). The Morgan fingerprint density at radius 2 is 1.48 bits per heavy atom. The number of hydrogen-bond acceptors (Lipinski definition) is 4. The maximum Gasteiger partial charge on any atom is 0.414 e. The minimum Gasteiger partial charge on any atom is -0.492 e. The van der Waals surface area contributed by atoms with Gasteiger partial charge in [-0.05, 0) is 42.6 Å². The van der Waals surface area contributed by atoms with Crippen LogP contribution in [0.5, 0.6) is 5.75 Å². The molecule has 0 saturated carbocycles. The third-order valence-electron chi connectivity index (χ3n) is 4.27. The van der Waals surface area contributed by atoms with Crippen LogP contribution >= 0.6 is 0 Å². The van der Waals surface area contributed by atoms with Gasteiger partial charge in [-0.15, -0.1) is 0 Å². The number of ether oxygens (including phenoxy) is 1. The molecule has 1 aromatic rings. The zero-order chi connectivity index (χ0) is 19.5. The van der Waals surface area contributed by atoms with Crippen LogP contribution in [0.15, 0.2) is 24.3 Å². The van der Waals surface area contributed by atoms with Crippen LogP contribution < -0.4 is 4.74 Å². The number of carboxylic acids is 2. The zero-order valence-corrected chi connectivity index (χ0v) is 15.9. The van der Waals surface area contributed by atoms with Crippen molar-refractivity contribution in [1.29, 1.82) is 0 Å². The summed E-state index contributed by atoms with van der Waals surface area (Å²) in [4.78, 5) is 20.6. The quantitative estimate of drug-likeness (QED) is 0.698. The molecule has 0 heterocycles. The number of carboxylic acid groups (broad SMARTS) is 2. The van der Waals surface area contributed by atoms with Crippen molar-refractivity contribution in [2.24, 2.45) is 0 Å². The van der Waals surface area contributed by atoms with Gasteiger partial charge in [0.2, 0.25) is 0 Å². The molecule has 0 unspecified atom stereocenters. The SMILES string of the molecule is CCN(CC)CCOc1ccc(C(C)(C)CC)cc1.O=C(O)C(=O)O. The summed E-state index contributed by atoms with van der Waals surface area (Å²) in [6.45, 7) is 15.1. The Kier molecular flexibility index (Phi) is 10.5. The summed E-state index contributed by atoms with van der Waals surface area (Å²) in [5.74, 6) is -2.67. The van der Waals surface area contributed by atoms with E-state index in [0.717, 1.165) is 38.4 Å². The Bertz CT molecular complexity index is 509. The topological polar surface area (TPSA) is 87.1 Å². The van der Waals surface area contributed by atoms with Gasteiger partial charge >= 0.3 is 11.9 Å². The minimum absolute atomic E-state index is 0.250. The summed E-state index contributed by atoms with van der Waals surface area (Å²) in [7, 11) is 0. The predicted octanol–water partition coefficient (Wildman–Crippen LogP) is 3.25. The fourth-order valence-corrected chi connectivity index (χ4v) is 2.04. The number of carbonyl (C=O) groups is 2. The first-order valence-corrected chi connectivity index (χ1v) is 8.59. The summed E-state index contributed by atoms with van der Waals surface area (Å²) in [6, 6.07) is 8.57. The standard InChI is InChI=1S/C17H29NO.C2H2O4/c1-6-17(4,5)15-9-11-16(12-10-15)19-14-13-18(7-2)8-3;3-1(4)2(5)6/h9-12H,6-8,13-14H2,1-5H3;(H,3,4)(H,5,6). The molecule has 1 aromatic carbocycles. The number of benzene rings is 1. The highest BCUT2D eigenvalue weighted by Gasteiger charge is 2.17. The van der Waals surface area contributed by atoms with Gasteiger partial charge in [0.15, 0.2) is 0 Å². The normalized spacial score (nSPS) is 10.8. The second-order valence-electron chi connectivity index (χ2n) is 6.25. The summed E-state index contributed by atoms with van der Waals surface area (Å²) in [6.07, 6.45) is 1.15. The lowest BCUT2D eigenvalue weighted by atomic mass is 9.82. The van der Waals surface area contributed by atoms with Crippen molar-refractivity contribution < 1.29 is 24.5 Å². The van der Waals surface area contributed by atoms with Crippen LogP contribution in [-0.2, 0) is 15.0 Å². The van der Waals surface area contributed by atoms with Gasteiger partial charge < -0.3 is 19.8 Å². The average molecular weight is 353 g/mol. The summed E-state index contributed by atoms with van der Waals surface area (Å²) >= 11 is 0. The van der Waals surface area contributed by atoms with E-state index in [1.807, 2.05) is 0 Å². The monoisotopic (exact) mass is 353 g/mol. The van der Waals surface area contributed by atoms with Crippen LogP contribution in [0.4, 0.5) is 0 Å². The highest BCUT2D eigenvalue weighted by Crippen LogP contribution is 2.27. The Morgan fingerprint density at radius 1 is 1.00 bits per heavy atom. The molecule has 2 N–H and O–H groups in total. The second kappa shape index (κ2) is 11.5. The summed E-state index contributed by atoms with van der Waals surface area (Å²) in [5.41, 5.74) is 1.63. The van der Waals surface area contributed by atoms with Gasteiger partial charge in [0.1, 0.15) is 12.4 Å². The highest BCUT2D eigenvalue weighted by atomic mass is 16.5. The predicted molar refractivity (Wildman–Crippen MR) is 98.3 cm³/mol. The first-order valence-electron chi connectivity index (χ1n) is 8.59. The van der Waals surface area contributed by atoms with Crippen molar-refractivity contribution in [3.63, 3.8) is 0 Å². The molecule has 0 aliphatic rings. The number of likely N-dealkylation sites (N-methyl/N-ethyl adjacent to an activating group) is 1. The summed E-state index contributed by atoms with van der Waals surface area (Å²) in [5, 5.41) is 14.8. The maximum absolute atomic E-state index is 9.10. The van der Waals surface area contributed by atoms with Gasteiger partial charge in [-0.3, -0.25) is 0 Å². The van der Waals surface area contributed by atoms with E-state index >= 15 is 0 Å². The van der Waals surface area contributed by atoms with E-state index in [1.165, 1.54) is 5.56 Å². The van der Waals surface area contributed by atoms with Crippen molar-refractivity contribution in [1.82, 2.24) is 4.90 Å². The minimum atomic E-state index is -1.82. The molecular formula is C19H31NO5. The number of aliphatic carboxylic acids is 2. The lowest BCUT2D eigenvalue weighted by Crippen LogP contribution is -2.27. The third kappa shape index (κ3) is 9.10. The van der Waals surface area contributed by atoms with E-state index in [2.05, 4.69) is 63.8 Å². The first-order chi connectivity index (χ1) is 11.7. The molecule has 0 spiro atoms. The molecule has 6 heteroatoms. The van der Waals surface area contributed by atoms with E-state index in [9.17, 15) is 0 Å². The lowest BCUT2D eigenvalue weighted by molar-refractivity contribution is -0.159. The highest BCUT2D eigenvalue weighted by molar-refractivity contribution is 6.27. The first kappa shape index (κ1) is 22.9. The molecule has 0 saturated heterocycles. The van der Waals surface area contributed by atoms with Gasteiger partial charge in [0, 0.05) is 6.54 Å². The largest absolute Gasteiger partial charge is 0.492 e. The van der Waals surface area contributed by atoms with Gasteiger partial charge in [0.25, 0.3) is 0 Å². The van der Waals surface area contributed by atoms with Gasteiger partial charge in [-0.2, -0.15) is 0 Å². The van der Waals surface area contributed by atoms with E-state index in [1.54, 1.807) is 0 Å². The number of rotatable bonds is 8. The van der Waals surface area contributed by atoms with E-state index < -0.39 is 11.9 Å². The van der Waals surface area contributed by atoms with Crippen molar-refractivity contribution in [2.75, 3.05) is 26.2 Å². The van der Waals surface area contributed by atoms with Crippen LogP contribution in [0.3, 0.4) is 0 Å². The van der Waals surface area contributed by atoms with Gasteiger partial charge in [-0.25, -0.2) is 9.59 Å². The molecule has 6 nitrogen and oxygen atoms in total. The Morgan fingerprint density at radius 3 is 1.84 bits per heavy atom.